The first kappa shape index (κ1) is 35.3. The highest BCUT2D eigenvalue weighted by Crippen LogP contribution is 2.46. The molecule has 0 spiro atoms. The number of phenolic OH excluding ortho intramolecular Hbond substituents is 1. The molecule has 2 amide bonds. The van der Waals surface area contributed by atoms with Gasteiger partial charge in [-0.2, -0.15) is 0 Å². The second-order valence-corrected chi connectivity index (χ2v) is 13.8. The maximum absolute atomic E-state index is 14.3. The number of benzene rings is 4. The van der Waals surface area contributed by atoms with Crippen LogP contribution in [0, 0.1) is 0 Å². The number of rotatable bonds is 16. The van der Waals surface area contributed by atoms with E-state index in [9.17, 15) is 14.7 Å². The molecule has 6 heteroatoms. The lowest BCUT2D eigenvalue weighted by molar-refractivity contribution is 0.0727. The molecule has 0 radical (unpaired) electrons. The summed E-state index contributed by atoms with van der Waals surface area (Å²) in [4.78, 5) is 32.2. The first-order valence-corrected chi connectivity index (χ1v) is 18.3. The predicted octanol–water partition coefficient (Wildman–Crippen LogP) is 9.72. The Morgan fingerprint density at radius 3 is 1.71 bits per heavy atom. The molecule has 48 heavy (non-hydrogen) atoms. The van der Waals surface area contributed by atoms with E-state index in [1.54, 1.807) is 0 Å². The van der Waals surface area contributed by atoms with Crippen molar-refractivity contribution in [2.45, 2.75) is 104 Å². The number of aromatic hydroxyl groups is 1. The van der Waals surface area contributed by atoms with Gasteiger partial charge in [0.25, 0.3) is 11.8 Å². The average molecular weight is 651 g/mol. The first-order chi connectivity index (χ1) is 23.2. The standard InChI is InChI=1S/C42H54N2O4/c1-6-10-22-43(23-11-7-2)40(46)34-26-30-18-14-16-20-32(30)36(38(34)45)28-42(5)29-37-33-21-17-15-19-31(33)27-35(39(37)48-42)41(47)44(24-12-8-3)25-13-9-4/h14-21,26-27,45H,6-13,22-25,28-29H2,1-5H3. The number of hydrogen-bond donors (Lipinski definition) is 1. The van der Waals surface area contributed by atoms with Crippen molar-refractivity contribution in [3.05, 3.63) is 82.9 Å². The van der Waals surface area contributed by atoms with Crippen LogP contribution in [-0.2, 0) is 12.8 Å². The molecule has 0 fully saturated rings. The average Bonchev–Trinajstić information content (AvgIpc) is 3.46. The topological polar surface area (TPSA) is 70.1 Å². The number of amides is 2. The number of carbonyl (C=O) groups is 2. The molecule has 0 bridgehead atoms. The molecule has 6 nitrogen and oxygen atoms in total. The van der Waals surface area contributed by atoms with E-state index in [0.717, 1.165) is 91.6 Å². The van der Waals surface area contributed by atoms with Crippen LogP contribution in [0.15, 0.2) is 60.7 Å². The number of fused-ring (bicyclic) bond motifs is 4. The van der Waals surface area contributed by atoms with Crippen LogP contribution in [0.4, 0.5) is 0 Å². The number of carbonyl (C=O) groups excluding carboxylic acids is 2. The minimum absolute atomic E-state index is 0.0169. The van der Waals surface area contributed by atoms with E-state index in [0.29, 0.717) is 48.4 Å². The molecule has 0 aliphatic carbocycles. The van der Waals surface area contributed by atoms with Crippen LogP contribution in [0.3, 0.4) is 0 Å². The van der Waals surface area contributed by atoms with Gasteiger partial charge in [-0.1, -0.05) is 102 Å². The van der Waals surface area contributed by atoms with Crippen molar-refractivity contribution in [1.29, 1.82) is 0 Å². The number of unbranched alkanes of at least 4 members (excludes halogenated alkanes) is 4. The molecular formula is C42H54N2O4. The second-order valence-electron chi connectivity index (χ2n) is 13.8. The van der Waals surface area contributed by atoms with Crippen LogP contribution in [0.25, 0.3) is 21.5 Å². The fraction of sp³-hybridized carbons (Fsp3) is 0.476. The van der Waals surface area contributed by atoms with Crippen molar-refractivity contribution >= 4 is 33.4 Å². The van der Waals surface area contributed by atoms with Crippen molar-refractivity contribution in [3.63, 3.8) is 0 Å². The van der Waals surface area contributed by atoms with Gasteiger partial charge in [0, 0.05) is 50.1 Å². The number of hydrogen-bond acceptors (Lipinski definition) is 4. The monoisotopic (exact) mass is 650 g/mol. The molecule has 0 saturated heterocycles. The van der Waals surface area contributed by atoms with E-state index in [2.05, 4.69) is 46.8 Å². The van der Waals surface area contributed by atoms with Gasteiger partial charge in [-0.3, -0.25) is 9.59 Å². The first-order valence-electron chi connectivity index (χ1n) is 18.3. The Morgan fingerprint density at radius 1 is 0.708 bits per heavy atom. The molecular weight excluding hydrogens is 596 g/mol. The van der Waals surface area contributed by atoms with E-state index in [1.165, 1.54) is 0 Å². The highest BCUT2D eigenvalue weighted by molar-refractivity contribution is 6.04. The van der Waals surface area contributed by atoms with E-state index in [4.69, 9.17) is 4.74 Å². The van der Waals surface area contributed by atoms with Gasteiger partial charge in [0.1, 0.15) is 17.1 Å². The quantitative estimate of drug-likeness (QED) is 0.131. The van der Waals surface area contributed by atoms with Crippen LogP contribution in [-0.4, -0.2) is 58.5 Å². The van der Waals surface area contributed by atoms with Gasteiger partial charge in [0.05, 0.1) is 11.1 Å². The minimum atomic E-state index is -0.745. The van der Waals surface area contributed by atoms with E-state index < -0.39 is 5.60 Å². The van der Waals surface area contributed by atoms with Crippen molar-refractivity contribution in [1.82, 2.24) is 9.80 Å². The third-order valence-corrected chi connectivity index (χ3v) is 9.84. The highest BCUT2D eigenvalue weighted by atomic mass is 16.5. The van der Waals surface area contributed by atoms with E-state index >= 15 is 0 Å². The Hall–Kier alpha value is -4.06. The molecule has 1 N–H and O–H groups in total. The Bertz CT molecular complexity index is 1730. The van der Waals surface area contributed by atoms with Crippen molar-refractivity contribution < 1.29 is 19.4 Å². The number of nitrogens with zero attached hydrogens (tertiary/aromatic N) is 2. The molecule has 4 aromatic rings. The van der Waals surface area contributed by atoms with Crippen LogP contribution in [0.5, 0.6) is 11.5 Å². The summed E-state index contributed by atoms with van der Waals surface area (Å²) >= 11 is 0. The predicted molar refractivity (Wildman–Crippen MR) is 197 cm³/mol. The smallest absolute Gasteiger partial charge is 0.257 e. The highest BCUT2D eigenvalue weighted by Gasteiger charge is 2.40. The largest absolute Gasteiger partial charge is 0.507 e. The summed E-state index contributed by atoms with van der Waals surface area (Å²) in [6.07, 6.45) is 8.76. The van der Waals surface area contributed by atoms with Crippen molar-refractivity contribution in [2.75, 3.05) is 26.2 Å². The normalized spacial score (nSPS) is 15.4. The van der Waals surface area contributed by atoms with Gasteiger partial charge in [-0.15, -0.1) is 0 Å². The lowest BCUT2D eigenvalue weighted by atomic mass is 9.86. The minimum Gasteiger partial charge on any atom is -0.507 e. The number of ether oxygens (including phenoxy) is 1. The third kappa shape index (κ3) is 7.48. The van der Waals surface area contributed by atoms with Gasteiger partial charge in [-0.25, -0.2) is 0 Å². The summed E-state index contributed by atoms with van der Waals surface area (Å²) in [6.45, 7) is 13.4. The van der Waals surface area contributed by atoms with E-state index in [1.807, 2.05) is 58.3 Å². The Balaban J connectivity index is 1.56. The van der Waals surface area contributed by atoms with Crippen molar-refractivity contribution in [3.8, 4) is 11.5 Å². The summed E-state index contributed by atoms with van der Waals surface area (Å²) in [6, 6.07) is 20.0. The Morgan fingerprint density at radius 2 is 1.17 bits per heavy atom. The summed E-state index contributed by atoms with van der Waals surface area (Å²) in [5.41, 5.74) is 1.96. The second kappa shape index (κ2) is 15.9. The molecule has 256 valence electrons. The van der Waals surface area contributed by atoms with Crippen LogP contribution >= 0.6 is 0 Å². The molecule has 1 atom stereocenters. The van der Waals surface area contributed by atoms with Crippen LogP contribution in [0.1, 0.15) is 118 Å². The fourth-order valence-electron chi connectivity index (χ4n) is 7.10. The van der Waals surface area contributed by atoms with Gasteiger partial charge in [0.15, 0.2) is 0 Å². The van der Waals surface area contributed by atoms with Gasteiger partial charge < -0.3 is 19.6 Å². The summed E-state index contributed by atoms with van der Waals surface area (Å²) < 4.78 is 6.92. The lowest BCUT2D eigenvalue weighted by Gasteiger charge is -2.28. The third-order valence-electron chi connectivity index (χ3n) is 9.84. The van der Waals surface area contributed by atoms with Crippen molar-refractivity contribution in [2.24, 2.45) is 0 Å². The zero-order chi connectivity index (χ0) is 34.3. The van der Waals surface area contributed by atoms with Gasteiger partial charge >= 0.3 is 0 Å². The maximum Gasteiger partial charge on any atom is 0.257 e. The molecule has 5 rings (SSSR count). The van der Waals surface area contributed by atoms with Crippen LogP contribution < -0.4 is 4.74 Å². The summed E-state index contributed by atoms with van der Waals surface area (Å²) in [5.74, 6) is 0.577. The molecule has 1 heterocycles. The summed E-state index contributed by atoms with van der Waals surface area (Å²) in [7, 11) is 0. The zero-order valence-electron chi connectivity index (χ0n) is 29.7. The van der Waals surface area contributed by atoms with Gasteiger partial charge in [0.2, 0.25) is 0 Å². The molecule has 1 aliphatic heterocycles. The summed E-state index contributed by atoms with van der Waals surface area (Å²) in [5, 5.41) is 15.9. The van der Waals surface area contributed by atoms with Gasteiger partial charge in [-0.05, 0) is 66.3 Å². The molecule has 1 unspecified atom stereocenters. The van der Waals surface area contributed by atoms with Crippen LogP contribution in [0.2, 0.25) is 0 Å². The van der Waals surface area contributed by atoms with E-state index in [-0.39, 0.29) is 17.6 Å². The Kier molecular flexibility index (Phi) is 11.7. The molecule has 1 aliphatic rings. The SMILES string of the molecule is CCCCN(CCCC)C(=O)c1cc2ccccc2c(CC2(C)Cc3c(c(C(=O)N(CCCC)CCCC)cc4ccccc34)O2)c1O. The Labute approximate surface area is 287 Å². The molecule has 4 aromatic carbocycles. The molecule has 0 saturated carbocycles. The zero-order valence-corrected chi connectivity index (χ0v) is 29.7. The number of phenols is 1. The fourth-order valence-corrected chi connectivity index (χ4v) is 7.10. The molecule has 0 aromatic heterocycles. The lowest BCUT2D eigenvalue weighted by Crippen LogP contribution is -2.35. The maximum atomic E-state index is 14.3.